The quantitative estimate of drug-likeness (QED) is 0.267. The van der Waals surface area contributed by atoms with E-state index in [2.05, 4.69) is 57.3 Å². The first-order valence-corrected chi connectivity index (χ1v) is 12.7. The van der Waals surface area contributed by atoms with Crippen LogP contribution >= 0.6 is 23.5 Å². The van der Waals surface area contributed by atoms with Gasteiger partial charge in [-0.2, -0.15) is 0 Å². The third kappa shape index (κ3) is 6.90. The van der Waals surface area contributed by atoms with E-state index in [9.17, 15) is 0 Å². The number of ether oxygens (including phenoxy) is 1. The number of aryl methyl sites for hydroxylation is 1. The van der Waals surface area contributed by atoms with Crippen LogP contribution in [0.4, 0.5) is 0 Å². The molecule has 7 heteroatoms. The lowest BCUT2D eigenvalue weighted by Gasteiger charge is -2.26. The van der Waals surface area contributed by atoms with Crippen molar-refractivity contribution in [1.82, 2.24) is 19.9 Å². The normalized spacial score (nSPS) is 15.8. The first-order valence-electron chi connectivity index (χ1n) is 11.5. The van der Waals surface area contributed by atoms with Gasteiger partial charge in [0.2, 0.25) is 0 Å². The zero-order valence-electron chi connectivity index (χ0n) is 18.7. The van der Waals surface area contributed by atoms with Crippen molar-refractivity contribution in [1.29, 1.82) is 0 Å². The molecule has 1 aromatic heterocycles. The highest BCUT2D eigenvalue weighted by molar-refractivity contribution is 7.97. The molecule has 1 aliphatic heterocycles. The van der Waals surface area contributed by atoms with E-state index >= 15 is 0 Å². The molecule has 2 aromatic carbocycles. The predicted octanol–water partition coefficient (Wildman–Crippen LogP) is 5.11. The van der Waals surface area contributed by atoms with Crippen LogP contribution in [-0.4, -0.2) is 55.3 Å². The van der Waals surface area contributed by atoms with Crippen molar-refractivity contribution in [3.63, 3.8) is 0 Å². The molecule has 0 amide bonds. The van der Waals surface area contributed by atoms with Crippen molar-refractivity contribution < 1.29 is 4.74 Å². The lowest BCUT2D eigenvalue weighted by molar-refractivity contribution is 0.214. The van der Waals surface area contributed by atoms with Crippen molar-refractivity contribution in [2.24, 2.45) is 0 Å². The standard InChI is InChI=1S/C25H33ClN4OS/c1-19(3-4-20-18-28-25-10-5-21(26)17-24(20)25)29-32-23-8-6-22(7-9-23)31-16-2-13-30-14-11-27-12-15-30/h5-10,17-19,27-29H,2-4,11-16H2,1H3. The maximum Gasteiger partial charge on any atom is 0.119 e. The van der Waals surface area contributed by atoms with E-state index in [0.717, 1.165) is 74.9 Å². The molecular formula is C25H33ClN4OS. The van der Waals surface area contributed by atoms with E-state index in [4.69, 9.17) is 16.3 Å². The highest BCUT2D eigenvalue weighted by Crippen LogP contribution is 2.24. The number of nitrogens with one attached hydrogen (secondary N) is 3. The van der Waals surface area contributed by atoms with Gasteiger partial charge < -0.3 is 19.9 Å². The SMILES string of the molecule is CC(CCc1c[nH]c2ccc(Cl)cc12)NSc1ccc(OCCCN2CCNCC2)cc1. The molecule has 1 saturated heterocycles. The molecule has 5 nitrogen and oxygen atoms in total. The Morgan fingerprint density at radius 2 is 1.97 bits per heavy atom. The summed E-state index contributed by atoms with van der Waals surface area (Å²) in [6.07, 6.45) is 5.23. The summed E-state index contributed by atoms with van der Waals surface area (Å²) >= 11 is 7.84. The van der Waals surface area contributed by atoms with Gasteiger partial charge >= 0.3 is 0 Å². The Hall–Kier alpha value is -1.70. The Kier molecular flexibility index (Phi) is 8.77. The fourth-order valence-electron chi connectivity index (χ4n) is 3.97. The number of rotatable bonds is 11. The Morgan fingerprint density at radius 3 is 2.78 bits per heavy atom. The van der Waals surface area contributed by atoms with Crippen LogP contribution in [0.5, 0.6) is 5.75 Å². The molecule has 0 radical (unpaired) electrons. The van der Waals surface area contributed by atoms with Crippen molar-refractivity contribution in [3.8, 4) is 5.75 Å². The fourth-order valence-corrected chi connectivity index (χ4v) is 4.87. The minimum absolute atomic E-state index is 0.394. The highest BCUT2D eigenvalue weighted by Gasteiger charge is 2.09. The van der Waals surface area contributed by atoms with Crippen LogP contribution in [0.3, 0.4) is 0 Å². The second-order valence-corrected chi connectivity index (χ2v) is 9.78. The summed E-state index contributed by atoms with van der Waals surface area (Å²) in [6.45, 7) is 8.61. The first kappa shape index (κ1) is 23.5. The summed E-state index contributed by atoms with van der Waals surface area (Å²) in [4.78, 5) is 7.03. The van der Waals surface area contributed by atoms with Gasteiger partial charge in [0.25, 0.3) is 0 Å². The Labute approximate surface area is 200 Å². The molecule has 1 fully saturated rings. The second-order valence-electron chi connectivity index (χ2n) is 8.43. The van der Waals surface area contributed by atoms with E-state index in [1.54, 1.807) is 11.9 Å². The maximum atomic E-state index is 6.16. The average molecular weight is 473 g/mol. The summed E-state index contributed by atoms with van der Waals surface area (Å²) < 4.78 is 9.47. The molecule has 4 rings (SSSR count). The number of hydrogen-bond acceptors (Lipinski definition) is 5. The average Bonchev–Trinajstić information content (AvgIpc) is 3.22. The van der Waals surface area contributed by atoms with Gasteiger partial charge in [-0.25, -0.2) is 0 Å². The van der Waals surface area contributed by atoms with Gasteiger partial charge in [-0.3, -0.25) is 4.72 Å². The lowest BCUT2D eigenvalue weighted by atomic mass is 10.1. The molecule has 32 heavy (non-hydrogen) atoms. The third-order valence-electron chi connectivity index (χ3n) is 5.87. The first-order chi connectivity index (χ1) is 15.7. The molecule has 1 atom stereocenters. The summed E-state index contributed by atoms with van der Waals surface area (Å²) in [7, 11) is 0. The predicted molar refractivity (Wildman–Crippen MR) is 136 cm³/mol. The summed E-state index contributed by atoms with van der Waals surface area (Å²) in [6, 6.07) is 14.8. The minimum atomic E-state index is 0.394. The highest BCUT2D eigenvalue weighted by atomic mass is 35.5. The van der Waals surface area contributed by atoms with Crippen LogP contribution in [0.2, 0.25) is 5.02 Å². The van der Waals surface area contributed by atoms with Crippen LogP contribution in [0.1, 0.15) is 25.3 Å². The zero-order valence-corrected chi connectivity index (χ0v) is 20.3. The number of H-pyrrole nitrogens is 1. The number of aromatic amines is 1. The van der Waals surface area contributed by atoms with E-state index in [1.165, 1.54) is 15.8 Å². The molecule has 3 aromatic rings. The Bertz CT molecular complexity index is 972. The molecule has 1 aliphatic rings. The molecule has 0 spiro atoms. The number of halogens is 1. The third-order valence-corrected chi connectivity index (χ3v) is 7.14. The molecule has 1 unspecified atom stereocenters. The van der Waals surface area contributed by atoms with Gasteiger partial charge in [0.05, 0.1) is 6.61 Å². The van der Waals surface area contributed by atoms with E-state index in [1.807, 2.05) is 18.2 Å². The van der Waals surface area contributed by atoms with Gasteiger partial charge in [0.15, 0.2) is 0 Å². The van der Waals surface area contributed by atoms with Crippen molar-refractivity contribution in [2.75, 3.05) is 39.3 Å². The van der Waals surface area contributed by atoms with Crippen molar-refractivity contribution in [2.45, 2.75) is 37.1 Å². The number of benzene rings is 2. The maximum absolute atomic E-state index is 6.16. The summed E-state index contributed by atoms with van der Waals surface area (Å²) in [5, 5.41) is 5.40. The van der Waals surface area contributed by atoms with Crippen LogP contribution in [0.15, 0.2) is 53.6 Å². The van der Waals surface area contributed by atoms with Crippen LogP contribution < -0.4 is 14.8 Å². The van der Waals surface area contributed by atoms with Gasteiger partial charge in [0, 0.05) is 65.8 Å². The molecule has 3 N–H and O–H groups in total. The Morgan fingerprint density at radius 1 is 1.16 bits per heavy atom. The topological polar surface area (TPSA) is 52.3 Å². The largest absolute Gasteiger partial charge is 0.494 e. The fraction of sp³-hybridized carbons (Fsp3) is 0.440. The monoisotopic (exact) mass is 472 g/mol. The number of nitrogens with zero attached hydrogens (tertiary/aromatic N) is 1. The van der Waals surface area contributed by atoms with E-state index in [0.29, 0.717) is 6.04 Å². The molecule has 0 saturated carbocycles. The lowest BCUT2D eigenvalue weighted by Crippen LogP contribution is -2.43. The van der Waals surface area contributed by atoms with Gasteiger partial charge in [-0.1, -0.05) is 11.6 Å². The van der Waals surface area contributed by atoms with Crippen molar-refractivity contribution in [3.05, 3.63) is 59.2 Å². The van der Waals surface area contributed by atoms with E-state index < -0.39 is 0 Å². The second kappa shape index (κ2) is 12.0. The summed E-state index contributed by atoms with van der Waals surface area (Å²) in [5.74, 6) is 0.945. The van der Waals surface area contributed by atoms with Gasteiger partial charge in [0.1, 0.15) is 5.75 Å². The smallest absolute Gasteiger partial charge is 0.119 e. The number of piperazine rings is 1. The molecule has 0 aliphatic carbocycles. The molecule has 0 bridgehead atoms. The molecule has 2 heterocycles. The number of hydrogen-bond donors (Lipinski definition) is 3. The summed E-state index contributed by atoms with van der Waals surface area (Å²) in [5.41, 5.74) is 2.46. The molecular weight excluding hydrogens is 440 g/mol. The Balaban J connectivity index is 1.14. The number of aromatic nitrogens is 1. The zero-order chi connectivity index (χ0) is 22.2. The number of fused-ring (bicyclic) bond motifs is 1. The van der Waals surface area contributed by atoms with Crippen LogP contribution in [0.25, 0.3) is 10.9 Å². The van der Waals surface area contributed by atoms with Crippen LogP contribution in [0, 0.1) is 0 Å². The van der Waals surface area contributed by atoms with Crippen LogP contribution in [-0.2, 0) is 6.42 Å². The molecule has 172 valence electrons. The minimum Gasteiger partial charge on any atom is -0.494 e. The van der Waals surface area contributed by atoms with Gasteiger partial charge in [-0.15, -0.1) is 0 Å². The van der Waals surface area contributed by atoms with Gasteiger partial charge in [-0.05, 0) is 86.2 Å². The van der Waals surface area contributed by atoms with Crippen molar-refractivity contribution >= 4 is 34.5 Å². The van der Waals surface area contributed by atoms with E-state index in [-0.39, 0.29) is 0 Å².